The van der Waals surface area contributed by atoms with Crippen LogP contribution in [0.5, 0.6) is 0 Å². The molecule has 0 unspecified atom stereocenters. The molecule has 1 aromatic rings. The van der Waals surface area contributed by atoms with Crippen molar-refractivity contribution in [3.63, 3.8) is 0 Å². The minimum Gasteiger partial charge on any atom is -0.444 e. The van der Waals surface area contributed by atoms with Crippen molar-refractivity contribution in [1.82, 2.24) is 5.32 Å². The van der Waals surface area contributed by atoms with E-state index >= 15 is 0 Å². The number of hydrogen-bond acceptors (Lipinski definition) is 6. The molecule has 0 aromatic heterocycles. The van der Waals surface area contributed by atoms with Crippen LogP contribution in [0.25, 0.3) is 0 Å². The van der Waals surface area contributed by atoms with Crippen molar-refractivity contribution in [2.45, 2.75) is 32.9 Å². The van der Waals surface area contributed by atoms with Crippen LogP contribution in [0.15, 0.2) is 34.9 Å². The van der Waals surface area contributed by atoms with E-state index in [1.165, 1.54) is 11.8 Å². The number of thioether (sulfide) groups is 1. The first-order chi connectivity index (χ1) is 11.3. The largest absolute Gasteiger partial charge is 0.444 e. The maximum atomic E-state index is 11.6. The van der Waals surface area contributed by atoms with Crippen LogP contribution in [0, 0.1) is 22.7 Å². The van der Waals surface area contributed by atoms with Crippen molar-refractivity contribution in [3.8, 4) is 12.1 Å². The zero-order chi connectivity index (χ0) is 18.2. The normalized spacial score (nSPS) is 10.1. The Morgan fingerprint density at radius 3 is 2.25 bits per heavy atom. The van der Waals surface area contributed by atoms with Gasteiger partial charge >= 0.3 is 6.09 Å². The highest BCUT2D eigenvalue weighted by atomic mass is 32.2. The molecule has 0 aliphatic rings. The van der Waals surface area contributed by atoms with E-state index in [-0.39, 0.29) is 5.57 Å². The lowest BCUT2D eigenvalue weighted by molar-refractivity contribution is 0.0523. The third kappa shape index (κ3) is 6.64. The Morgan fingerprint density at radius 1 is 1.21 bits per heavy atom. The molecule has 0 aliphatic heterocycles. The summed E-state index contributed by atoms with van der Waals surface area (Å²) in [5, 5.41) is 24.1. The van der Waals surface area contributed by atoms with Gasteiger partial charge in [0.25, 0.3) is 0 Å². The fourth-order valence-corrected chi connectivity index (χ4v) is 2.18. The van der Waals surface area contributed by atoms with Crippen LogP contribution < -0.4 is 10.6 Å². The average molecular weight is 344 g/mol. The molecule has 0 bridgehead atoms. The number of allylic oxidation sites excluding steroid dienone is 1. The van der Waals surface area contributed by atoms with Crippen LogP contribution in [0.2, 0.25) is 0 Å². The van der Waals surface area contributed by atoms with Crippen molar-refractivity contribution < 1.29 is 9.53 Å². The monoisotopic (exact) mass is 344 g/mol. The van der Waals surface area contributed by atoms with E-state index < -0.39 is 11.7 Å². The predicted octanol–water partition coefficient (Wildman–Crippen LogP) is 3.74. The van der Waals surface area contributed by atoms with E-state index in [1.54, 1.807) is 27.0 Å². The summed E-state index contributed by atoms with van der Waals surface area (Å²) in [6.45, 7) is 5.77. The average Bonchev–Trinajstić information content (AvgIpc) is 2.52. The van der Waals surface area contributed by atoms with Crippen molar-refractivity contribution in [2.75, 3.05) is 11.6 Å². The quantitative estimate of drug-likeness (QED) is 0.790. The highest BCUT2D eigenvalue weighted by Crippen LogP contribution is 2.20. The summed E-state index contributed by atoms with van der Waals surface area (Å²) in [5.41, 5.74) is 1.17. The second kappa shape index (κ2) is 8.85. The molecule has 0 saturated heterocycles. The van der Waals surface area contributed by atoms with E-state index in [4.69, 9.17) is 15.3 Å². The molecule has 0 saturated carbocycles. The molecule has 0 aliphatic carbocycles. The van der Waals surface area contributed by atoms with Gasteiger partial charge in [-0.05, 0) is 44.7 Å². The van der Waals surface area contributed by atoms with Crippen LogP contribution in [0.3, 0.4) is 0 Å². The molecule has 6 nitrogen and oxygen atoms in total. The number of anilines is 1. The van der Waals surface area contributed by atoms with Crippen LogP contribution in [-0.2, 0) is 11.3 Å². The molecule has 126 valence electrons. The smallest absolute Gasteiger partial charge is 0.407 e. The zero-order valence-electron chi connectivity index (χ0n) is 14.1. The summed E-state index contributed by atoms with van der Waals surface area (Å²) in [4.78, 5) is 11.6. The fourth-order valence-electron chi connectivity index (χ4n) is 1.67. The van der Waals surface area contributed by atoms with Crippen molar-refractivity contribution >= 4 is 23.5 Å². The number of alkyl carbamates (subject to hydrolysis) is 1. The SMILES string of the molecule is CSC(Nc1ccc(CNC(=O)OC(C)(C)C)cc1)=C(C#N)C#N. The van der Waals surface area contributed by atoms with E-state index in [0.717, 1.165) is 11.3 Å². The number of benzene rings is 1. The number of nitrogens with zero attached hydrogens (tertiary/aromatic N) is 2. The Bertz CT molecular complexity index is 675. The molecule has 1 amide bonds. The van der Waals surface area contributed by atoms with Gasteiger partial charge in [-0.15, -0.1) is 11.8 Å². The second-order valence-electron chi connectivity index (χ2n) is 5.81. The van der Waals surface area contributed by atoms with Gasteiger partial charge in [0.2, 0.25) is 0 Å². The van der Waals surface area contributed by atoms with Gasteiger partial charge < -0.3 is 15.4 Å². The second-order valence-corrected chi connectivity index (χ2v) is 6.63. The van der Waals surface area contributed by atoms with Crippen molar-refractivity contribution in [3.05, 3.63) is 40.4 Å². The third-order valence-electron chi connectivity index (χ3n) is 2.70. The Balaban J connectivity index is 2.67. The molecule has 1 rings (SSSR count). The fraction of sp³-hybridized carbons (Fsp3) is 0.353. The number of ether oxygens (including phenoxy) is 1. The summed E-state index contributed by atoms with van der Waals surface area (Å²) in [5.74, 6) is 0. The number of nitriles is 2. The van der Waals surface area contributed by atoms with Crippen molar-refractivity contribution in [2.24, 2.45) is 0 Å². The molecule has 24 heavy (non-hydrogen) atoms. The molecule has 0 heterocycles. The number of nitrogens with one attached hydrogen (secondary N) is 2. The van der Waals surface area contributed by atoms with Crippen molar-refractivity contribution in [1.29, 1.82) is 10.5 Å². The first kappa shape index (κ1) is 19.4. The van der Waals surface area contributed by atoms with Gasteiger partial charge in [-0.25, -0.2) is 4.79 Å². The molecule has 2 N–H and O–H groups in total. The summed E-state index contributed by atoms with van der Waals surface area (Å²) < 4.78 is 5.17. The maximum absolute atomic E-state index is 11.6. The summed E-state index contributed by atoms with van der Waals surface area (Å²) >= 11 is 1.30. The van der Waals surface area contributed by atoms with Crippen LogP contribution >= 0.6 is 11.8 Å². The number of amides is 1. The molecule has 1 aromatic carbocycles. The summed E-state index contributed by atoms with van der Waals surface area (Å²) in [7, 11) is 0. The number of carbonyl (C=O) groups is 1. The minimum absolute atomic E-state index is 0.0400. The van der Waals surface area contributed by atoms with E-state index in [1.807, 2.05) is 36.4 Å². The summed E-state index contributed by atoms with van der Waals surface area (Å²) in [6.07, 6.45) is 1.32. The lowest BCUT2D eigenvalue weighted by Crippen LogP contribution is -2.32. The molecular formula is C17H20N4O2S. The standard InChI is InChI=1S/C17H20N4O2S/c1-17(2,3)23-16(22)20-11-12-5-7-14(8-6-12)21-15(24-4)13(9-18)10-19/h5-8,21H,11H2,1-4H3,(H,20,22). The Morgan fingerprint density at radius 2 is 1.79 bits per heavy atom. The lowest BCUT2D eigenvalue weighted by Gasteiger charge is -2.19. The number of hydrogen-bond donors (Lipinski definition) is 2. The van der Waals surface area contributed by atoms with E-state index in [9.17, 15) is 4.79 Å². The van der Waals surface area contributed by atoms with Crippen LogP contribution in [0.1, 0.15) is 26.3 Å². The minimum atomic E-state index is -0.530. The highest BCUT2D eigenvalue weighted by Gasteiger charge is 2.15. The Labute approximate surface area is 146 Å². The Hall–Kier alpha value is -2.64. The van der Waals surface area contributed by atoms with Gasteiger partial charge in [-0.3, -0.25) is 0 Å². The number of carbonyl (C=O) groups excluding carboxylic acids is 1. The number of rotatable bonds is 5. The van der Waals surface area contributed by atoms with Gasteiger partial charge in [0.15, 0.2) is 5.57 Å². The predicted molar refractivity (Wildman–Crippen MR) is 94.9 cm³/mol. The third-order valence-corrected chi connectivity index (χ3v) is 3.42. The molecular weight excluding hydrogens is 324 g/mol. The summed E-state index contributed by atoms with van der Waals surface area (Å²) in [6, 6.07) is 11.0. The maximum Gasteiger partial charge on any atom is 0.407 e. The molecule has 0 fully saturated rings. The van der Waals surface area contributed by atoms with Gasteiger partial charge in [0.1, 0.15) is 22.8 Å². The van der Waals surface area contributed by atoms with E-state index in [0.29, 0.717) is 11.6 Å². The first-order valence-corrected chi connectivity index (χ1v) is 8.43. The van der Waals surface area contributed by atoms with Gasteiger partial charge in [0.05, 0.1) is 0 Å². The topological polar surface area (TPSA) is 97.9 Å². The van der Waals surface area contributed by atoms with Crippen LogP contribution in [-0.4, -0.2) is 18.0 Å². The zero-order valence-corrected chi connectivity index (χ0v) is 15.0. The van der Waals surface area contributed by atoms with Gasteiger partial charge in [0, 0.05) is 12.2 Å². The van der Waals surface area contributed by atoms with Crippen LogP contribution in [0.4, 0.5) is 10.5 Å². The van der Waals surface area contributed by atoms with Gasteiger partial charge in [-0.2, -0.15) is 10.5 Å². The molecule has 0 atom stereocenters. The highest BCUT2D eigenvalue weighted by molar-refractivity contribution is 8.02. The Kier molecular flexibility index (Phi) is 7.16. The van der Waals surface area contributed by atoms with E-state index in [2.05, 4.69) is 10.6 Å². The molecule has 0 radical (unpaired) electrons. The molecule has 7 heteroatoms. The molecule has 0 spiro atoms. The first-order valence-electron chi connectivity index (χ1n) is 7.20. The van der Waals surface area contributed by atoms with Gasteiger partial charge in [-0.1, -0.05) is 12.1 Å². The lowest BCUT2D eigenvalue weighted by atomic mass is 10.2.